The number of ether oxygens (including phenoxy) is 3. The summed E-state index contributed by atoms with van der Waals surface area (Å²) in [6, 6.07) is 15.5. The molecule has 0 spiro atoms. The molecule has 0 aliphatic carbocycles. The monoisotopic (exact) mass is 407 g/mol. The number of para-hydroxylation sites is 1. The lowest BCUT2D eigenvalue weighted by molar-refractivity contribution is -0.126. The highest BCUT2D eigenvalue weighted by Gasteiger charge is 2.24. The molecule has 0 bridgehead atoms. The van der Waals surface area contributed by atoms with Crippen LogP contribution < -0.4 is 19.1 Å². The van der Waals surface area contributed by atoms with E-state index in [1.54, 1.807) is 17.0 Å². The van der Waals surface area contributed by atoms with Crippen molar-refractivity contribution in [1.82, 2.24) is 4.90 Å². The van der Waals surface area contributed by atoms with Gasteiger partial charge in [-0.05, 0) is 24.3 Å². The van der Waals surface area contributed by atoms with E-state index in [4.69, 9.17) is 14.2 Å². The summed E-state index contributed by atoms with van der Waals surface area (Å²) in [5.41, 5.74) is 1.76. The number of carbonyl (C=O) groups excluding carboxylic acids is 1. The highest BCUT2D eigenvalue weighted by Crippen LogP contribution is 2.35. The van der Waals surface area contributed by atoms with Crippen molar-refractivity contribution in [3.63, 3.8) is 0 Å². The molecule has 1 saturated heterocycles. The largest absolute Gasteiger partial charge is 0.496 e. The molecular formula is C23H25N3O4. The van der Waals surface area contributed by atoms with Crippen LogP contribution in [0.25, 0.3) is 6.08 Å². The van der Waals surface area contributed by atoms with Crippen LogP contribution in [-0.2, 0) is 4.79 Å². The van der Waals surface area contributed by atoms with Crippen molar-refractivity contribution < 1.29 is 19.0 Å². The molecule has 1 fully saturated rings. The van der Waals surface area contributed by atoms with Gasteiger partial charge in [0, 0.05) is 43.5 Å². The van der Waals surface area contributed by atoms with Gasteiger partial charge in [-0.25, -0.2) is 0 Å². The number of anilines is 1. The molecule has 0 radical (unpaired) electrons. The van der Waals surface area contributed by atoms with E-state index < -0.39 is 0 Å². The number of hydrogen-bond donors (Lipinski definition) is 0. The summed E-state index contributed by atoms with van der Waals surface area (Å²) >= 11 is 0. The maximum absolute atomic E-state index is 13.0. The number of rotatable bonds is 6. The molecule has 0 aromatic heterocycles. The van der Waals surface area contributed by atoms with Crippen molar-refractivity contribution in [2.75, 3.05) is 52.4 Å². The standard InChI is InChI=1S/C23H25N3O4/c1-28-20-15-22(30-3)21(29-2)14-17(20)13-18(16-24)23(27)26-11-9-25(10-12-26)19-7-5-4-6-8-19/h4-8,13-15H,9-12H2,1-3H3/b18-13-. The third-order valence-electron chi connectivity index (χ3n) is 5.07. The van der Waals surface area contributed by atoms with E-state index in [0.29, 0.717) is 49.0 Å². The van der Waals surface area contributed by atoms with Crippen LogP contribution in [0.4, 0.5) is 5.69 Å². The van der Waals surface area contributed by atoms with Gasteiger partial charge >= 0.3 is 0 Å². The summed E-state index contributed by atoms with van der Waals surface area (Å²) in [4.78, 5) is 16.9. The Hall–Kier alpha value is -3.66. The number of nitrogens with zero attached hydrogens (tertiary/aromatic N) is 3. The fraction of sp³-hybridized carbons (Fsp3) is 0.304. The van der Waals surface area contributed by atoms with Crippen LogP contribution in [0, 0.1) is 11.3 Å². The van der Waals surface area contributed by atoms with Gasteiger partial charge in [0.05, 0.1) is 21.3 Å². The van der Waals surface area contributed by atoms with E-state index in [1.165, 1.54) is 27.4 Å². The number of carbonyl (C=O) groups is 1. The van der Waals surface area contributed by atoms with Gasteiger partial charge in [0.25, 0.3) is 5.91 Å². The molecule has 2 aromatic carbocycles. The highest BCUT2D eigenvalue weighted by atomic mass is 16.5. The molecule has 7 heteroatoms. The average Bonchev–Trinajstić information content (AvgIpc) is 2.82. The van der Waals surface area contributed by atoms with Crippen LogP contribution >= 0.6 is 0 Å². The minimum absolute atomic E-state index is 0.0497. The lowest BCUT2D eigenvalue weighted by atomic mass is 10.1. The van der Waals surface area contributed by atoms with Gasteiger partial charge in [0.1, 0.15) is 17.4 Å². The zero-order chi connectivity index (χ0) is 21.5. The van der Waals surface area contributed by atoms with Crippen LogP contribution in [0.5, 0.6) is 17.2 Å². The summed E-state index contributed by atoms with van der Waals surface area (Å²) in [5.74, 6) is 1.20. The van der Waals surface area contributed by atoms with E-state index >= 15 is 0 Å². The Bertz CT molecular complexity index is 958. The number of amides is 1. The predicted molar refractivity (Wildman–Crippen MR) is 115 cm³/mol. The van der Waals surface area contributed by atoms with Crippen LogP contribution in [0.2, 0.25) is 0 Å². The van der Waals surface area contributed by atoms with Crippen LogP contribution in [0.1, 0.15) is 5.56 Å². The Kier molecular flexibility index (Phi) is 6.81. The lowest BCUT2D eigenvalue weighted by Crippen LogP contribution is -2.49. The second-order valence-corrected chi connectivity index (χ2v) is 6.73. The van der Waals surface area contributed by atoms with Crippen LogP contribution in [0.3, 0.4) is 0 Å². The second-order valence-electron chi connectivity index (χ2n) is 6.73. The van der Waals surface area contributed by atoms with Crippen molar-refractivity contribution in [3.8, 4) is 23.3 Å². The Morgan fingerprint density at radius 3 is 2.10 bits per heavy atom. The first-order valence-electron chi connectivity index (χ1n) is 9.62. The lowest BCUT2D eigenvalue weighted by Gasteiger charge is -2.36. The van der Waals surface area contributed by atoms with Gasteiger partial charge in [-0.1, -0.05) is 18.2 Å². The maximum Gasteiger partial charge on any atom is 0.264 e. The summed E-state index contributed by atoms with van der Waals surface area (Å²) in [6.07, 6.45) is 1.53. The first-order valence-corrected chi connectivity index (χ1v) is 9.62. The van der Waals surface area contributed by atoms with Gasteiger partial charge in [0.2, 0.25) is 0 Å². The van der Waals surface area contributed by atoms with E-state index in [1.807, 2.05) is 24.3 Å². The number of hydrogen-bond acceptors (Lipinski definition) is 6. The van der Waals surface area contributed by atoms with Crippen LogP contribution in [0.15, 0.2) is 48.0 Å². The normalized spacial score (nSPS) is 14.1. The Labute approximate surface area is 176 Å². The molecular weight excluding hydrogens is 382 g/mol. The maximum atomic E-state index is 13.0. The van der Waals surface area contributed by atoms with Crippen molar-refractivity contribution in [2.45, 2.75) is 0 Å². The van der Waals surface area contributed by atoms with E-state index in [2.05, 4.69) is 17.0 Å². The summed E-state index contributed by atoms with van der Waals surface area (Å²) < 4.78 is 16.0. The summed E-state index contributed by atoms with van der Waals surface area (Å²) in [6.45, 7) is 2.54. The number of benzene rings is 2. The minimum atomic E-state index is -0.290. The molecule has 7 nitrogen and oxygen atoms in total. The molecule has 30 heavy (non-hydrogen) atoms. The molecule has 156 valence electrons. The zero-order valence-electron chi connectivity index (χ0n) is 17.4. The number of nitriles is 1. The van der Waals surface area contributed by atoms with Crippen molar-refractivity contribution in [1.29, 1.82) is 5.26 Å². The molecule has 1 aliphatic rings. The second kappa shape index (κ2) is 9.70. The fourth-order valence-corrected chi connectivity index (χ4v) is 3.44. The van der Waals surface area contributed by atoms with Gasteiger partial charge < -0.3 is 24.0 Å². The van der Waals surface area contributed by atoms with Gasteiger partial charge in [0.15, 0.2) is 11.5 Å². The number of piperazine rings is 1. The Morgan fingerprint density at radius 1 is 0.933 bits per heavy atom. The van der Waals surface area contributed by atoms with E-state index in [0.717, 1.165) is 5.69 Å². The summed E-state index contributed by atoms with van der Waals surface area (Å²) in [5, 5.41) is 9.64. The molecule has 0 unspecified atom stereocenters. The first-order chi connectivity index (χ1) is 14.6. The fourth-order valence-electron chi connectivity index (χ4n) is 3.44. The van der Waals surface area contributed by atoms with Crippen molar-refractivity contribution >= 4 is 17.7 Å². The van der Waals surface area contributed by atoms with Crippen molar-refractivity contribution in [2.24, 2.45) is 0 Å². The highest BCUT2D eigenvalue weighted by molar-refractivity contribution is 6.02. The molecule has 0 saturated carbocycles. The first kappa shape index (κ1) is 21.1. The molecule has 0 atom stereocenters. The molecule has 0 N–H and O–H groups in total. The minimum Gasteiger partial charge on any atom is -0.496 e. The molecule has 3 rings (SSSR count). The molecule has 2 aromatic rings. The van der Waals surface area contributed by atoms with E-state index in [9.17, 15) is 10.1 Å². The van der Waals surface area contributed by atoms with Gasteiger partial charge in [-0.3, -0.25) is 4.79 Å². The predicted octanol–water partition coefficient (Wildman–Crippen LogP) is 2.97. The van der Waals surface area contributed by atoms with Crippen LogP contribution in [-0.4, -0.2) is 58.3 Å². The molecule has 1 amide bonds. The zero-order valence-corrected chi connectivity index (χ0v) is 17.4. The summed E-state index contributed by atoms with van der Waals surface area (Å²) in [7, 11) is 4.59. The Balaban J connectivity index is 1.79. The SMILES string of the molecule is COc1cc(OC)c(OC)cc1/C=C(/C#N)C(=O)N1CCN(c2ccccc2)CC1. The molecule has 1 aliphatic heterocycles. The van der Waals surface area contributed by atoms with Gasteiger partial charge in [-0.15, -0.1) is 0 Å². The smallest absolute Gasteiger partial charge is 0.264 e. The average molecular weight is 407 g/mol. The topological polar surface area (TPSA) is 75.0 Å². The third kappa shape index (κ3) is 4.49. The third-order valence-corrected chi connectivity index (χ3v) is 5.07. The van der Waals surface area contributed by atoms with Crippen molar-refractivity contribution in [3.05, 3.63) is 53.6 Å². The Morgan fingerprint density at radius 2 is 1.53 bits per heavy atom. The quantitative estimate of drug-likeness (QED) is 0.541. The molecule has 1 heterocycles. The van der Waals surface area contributed by atoms with Gasteiger partial charge in [-0.2, -0.15) is 5.26 Å². The van der Waals surface area contributed by atoms with E-state index in [-0.39, 0.29) is 11.5 Å². The number of methoxy groups -OCH3 is 3.